The highest BCUT2D eigenvalue weighted by Crippen LogP contribution is 2.14. The SMILES string of the molecule is O=C(NC1CC=CCC1)c1cccnc1Cl. The van der Waals surface area contributed by atoms with Crippen LogP contribution in [0.4, 0.5) is 0 Å². The van der Waals surface area contributed by atoms with Gasteiger partial charge in [0.25, 0.3) is 5.91 Å². The van der Waals surface area contributed by atoms with E-state index in [1.54, 1.807) is 18.3 Å². The third kappa shape index (κ3) is 2.61. The van der Waals surface area contributed by atoms with Gasteiger partial charge in [0.15, 0.2) is 0 Å². The number of rotatable bonds is 2. The molecule has 84 valence electrons. The highest BCUT2D eigenvalue weighted by atomic mass is 35.5. The molecule has 1 amide bonds. The van der Waals surface area contributed by atoms with Gasteiger partial charge in [0.1, 0.15) is 5.15 Å². The topological polar surface area (TPSA) is 42.0 Å². The molecule has 1 unspecified atom stereocenters. The Kier molecular flexibility index (Phi) is 3.57. The van der Waals surface area contributed by atoms with Crippen molar-refractivity contribution >= 4 is 17.5 Å². The Bertz CT molecular complexity index is 417. The zero-order valence-electron chi connectivity index (χ0n) is 8.82. The van der Waals surface area contributed by atoms with Gasteiger partial charge in [0.2, 0.25) is 0 Å². The first-order valence-electron chi connectivity index (χ1n) is 5.34. The van der Waals surface area contributed by atoms with Crippen LogP contribution in [0.5, 0.6) is 0 Å². The lowest BCUT2D eigenvalue weighted by Crippen LogP contribution is -2.35. The van der Waals surface area contributed by atoms with Crippen molar-refractivity contribution in [2.45, 2.75) is 25.3 Å². The van der Waals surface area contributed by atoms with Crippen LogP contribution in [0.15, 0.2) is 30.5 Å². The summed E-state index contributed by atoms with van der Waals surface area (Å²) in [5, 5.41) is 3.22. The first-order chi connectivity index (χ1) is 7.77. The van der Waals surface area contributed by atoms with E-state index < -0.39 is 0 Å². The Morgan fingerprint density at radius 2 is 2.38 bits per heavy atom. The number of carbonyl (C=O) groups is 1. The van der Waals surface area contributed by atoms with Gasteiger partial charge >= 0.3 is 0 Å². The van der Waals surface area contributed by atoms with Crippen molar-refractivity contribution in [1.82, 2.24) is 10.3 Å². The van der Waals surface area contributed by atoms with E-state index in [-0.39, 0.29) is 17.1 Å². The number of halogens is 1. The Morgan fingerprint density at radius 1 is 1.50 bits per heavy atom. The Labute approximate surface area is 99.5 Å². The van der Waals surface area contributed by atoms with Gasteiger partial charge in [-0.2, -0.15) is 0 Å². The molecule has 1 aliphatic carbocycles. The lowest BCUT2D eigenvalue weighted by Gasteiger charge is -2.19. The van der Waals surface area contributed by atoms with Crippen LogP contribution in [-0.4, -0.2) is 16.9 Å². The van der Waals surface area contributed by atoms with Gasteiger partial charge in [-0.15, -0.1) is 0 Å². The number of nitrogens with one attached hydrogen (secondary N) is 1. The summed E-state index contributed by atoms with van der Waals surface area (Å²) in [4.78, 5) is 15.8. The molecule has 0 radical (unpaired) electrons. The molecule has 1 atom stereocenters. The van der Waals surface area contributed by atoms with Gasteiger partial charge in [-0.3, -0.25) is 4.79 Å². The highest BCUT2D eigenvalue weighted by Gasteiger charge is 2.16. The van der Waals surface area contributed by atoms with E-state index in [1.807, 2.05) is 0 Å². The summed E-state index contributed by atoms with van der Waals surface area (Å²) in [6.45, 7) is 0. The molecule has 1 aliphatic rings. The minimum Gasteiger partial charge on any atom is -0.349 e. The molecule has 1 aromatic rings. The molecule has 0 aromatic carbocycles. The van der Waals surface area contributed by atoms with Crippen molar-refractivity contribution in [1.29, 1.82) is 0 Å². The quantitative estimate of drug-likeness (QED) is 0.634. The van der Waals surface area contributed by atoms with Gasteiger partial charge in [0, 0.05) is 12.2 Å². The Morgan fingerprint density at radius 3 is 3.06 bits per heavy atom. The third-order valence-corrected chi connectivity index (χ3v) is 2.91. The fourth-order valence-corrected chi connectivity index (χ4v) is 1.95. The minimum atomic E-state index is -0.140. The smallest absolute Gasteiger partial charge is 0.254 e. The fourth-order valence-electron chi connectivity index (χ4n) is 1.74. The van der Waals surface area contributed by atoms with Crippen LogP contribution in [0.25, 0.3) is 0 Å². The number of hydrogen-bond acceptors (Lipinski definition) is 2. The molecule has 16 heavy (non-hydrogen) atoms. The summed E-state index contributed by atoms with van der Waals surface area (Å²) in [5.41, 5.74) is 0.443. The molecule has 3 nitrogen and oxygen atoms in total. The number of aromatic nitrogens is 1. The van der Waals surface area contributed by atoms with E-state index in [2.05, 4.69) is 22.5 Å². The maximum absolute atomic E-state index is 11.9. The van der Waals surface area contributed by atoms with E-state index in [0.29, 0.717) is 5.56 Å². The maximum Gasteiger partial charge on any atom is 0.254 e. The summed E-state index contributed by atoms with van der Waals surface area (Å²) in [6.07, 6.45) is 8.71. The van der Waals surface area contributed by atoms with E-state index in [0.717, 1.165) is 19.3 Å². The van der Waals surface area contributed by atoms with E-state index >= 15 is 0 Å². The lowest BCUT2D eigenvalue weighted by atomic mass is 10.0. The van der Waals surface area contributed by atoms with Crippen LogP contribution in [-0.2, 0) is 0 Å². The first kappa shape index (κ1) is 11.1. The molecular formula is C12H13ClN2O. The molecule has 0 spiro atoms. The summed E-state index contributed by atoms with van der Waals surface area (Å²) in [7, 11) is 0. The van der Waals surface area contributed by atoms with Crippen molar-refractivity contribution < 1.29 is 4.79 Å². The monoisotopic (exact) mass is 236 g/mol. The fraction of sp³-hybridized carbons (Fsp3) is 0.333. The number of nitrogens with zero attached hydrogens (tertiary/aromatic N) is 1. The Hall–Kier alpha value is -1.35. The number of hydrogen-bond donors (Lipinski definition) is 1. The minimum absolute atomic E-state index is 0.140. The number of carbonyl (C=O) groups excluding carboxylic acids is 1. The van der Waals surface area contributed by atoms with Gasteiger partial charge in [-0.25, -0.2) is 4.98 Å². The molecule has 1 heterocycles. The summed E-state index contributed by atoms with van der Waals surface area (Å²) in [5.74, 6) is -0.140. The van der Waals surface area contributed by atoms with Crippen molar-refractivity contribution in [3.05, 3.63) is 41.2 Å². The molecule has 1 N–H and O–H groups in total. The molecule has 0 bridgehead atoms. The van der Waals surface area contributed by atoms with Crippen molar-refractivity contribution in [3.63, 3.8) is 0 Å². The molecule has 0 aliphatic heterocycles. The highest BCUT2D eigenvalue weighted by molar-refractivity contribution is 6.32. The summed E-state index contributed by atoms with van der Waals surface area (Å²) in [6, 6.07) is 3.61. The number of allylic oxidation sites excluding steroid dienone is 1. The van der Waals surface area contributed by atoms with Gasteiger partial charge in [-0.05, 0) is 31.4 Å². The molecule has 4 heteroatoms. The Balaban J connectivity index is 2.03. The zero-order valence-corrected chi connectivity index (χ0v) is 9.57. The second kappa shape index (κ2) is 5.12. The molecular weight excluding hydrogens is 224 g/mol. The average Bonchev–Trinajstić information content (AvgIpc) is 2.31. The van der Waals surface area contributed by atoms with Crippen LogP contribution in [0.1, 0.15) is 29.6 Å². The van der Waals surface area contributed by atoms with Crippen LogP contribution in [0.3, 0.4) is 0 Å². The van der Waals surface area contributed by atoms with Gasteiger partial charge in [-0.1, -0.05) is 23.8 Å². The second-order valence-corrected chi connectivity index (χ2v) is 4.15. The maximum atomic E-state index is 11.9. The normalized spacial score (nSPS) is 19.4. The third-order valence-electron chi connectivity index (χ3n) is 2.61. The average molecular weight is 237 g/mol. The predicted molar refractivity (Wildman–Crippen MR) is 63.5 cm³/mol. The number of pyridine rings is 1. The predicted octanol–water partition coefficient (Wildman–Crippen LogP) is 2.57. The molecule has 0 saturated heterocycles. The van der Waals surface area contributed by atoms with Crippen LogP contribution < -0.4 is 5.32 Å². The van der Waals surface area contributed by atoms with Crippen molar-refractivity contribution in [3.8, 4) is 0 Å². The van der Waals surface area contributed by atoms with Gasteiger partial charge < -0.3 is 5.32 Å². The van der Waals surface area contributed by atoms with Crippen LogP contribution in [0, 0.1) is 0 Å². The molecule has 2 rings (SSSR count). The molecule has 0 saturated carbocycles. The van der Waals surface area contributed by atoms with E-state index in [1.165, 1.54) is 0 Å². The summed E-state index contributed by atoms with van der Waals surface area (Å²) >= 11 is 5.85. The summed E-state index contributed by atoms with van der Waals surface area (Å²) < 4.78 is 0. The van der Waals surface area contributed by atoms with E-state index in [4.69, 9.17) is 11.6 Å². The standard InChI is InChI=1S/C12H13ClN2O/c13-11-10(7-4-8-14-11)12(16)15-9-5-2-1-3-6-9/h1-2,4,7-9H,3,5-6H2,(H,15,16). The first-order valence-corrected chi connectivity index (χ1v) is 5.71. The number of amides is 1. The van der Waals surface area contributed by atoms with Crippen LogP contribution >= 0.6 is 11.6 Å². The molecule has 0 fully saturated rings. The zero-order chi connectivity index (χ0) is 11.4. The lowest BCUT2D eigenvalue weighted by molar-refractivity contribution is 0.0934. The van der Waals surface area contributed by atoms with Crippen molar-refractivity contribution in [2.24, 2.45) is 0 Å². The van der Waals surface area contributed by atoms with Gasteiger partial charge in [0.05, 0.1) is 5.56 Å². The largest absolute Gasteiger partial charge is 0.349 e. The van der Waals surface area contributed by atoms with Crippen molar-refractivity contribution in [2.75, 3.05) is 0 Å². The van der Waals surface area contributed by atoms with E-state index in [9.17, 15) is 4.79 Å². The van der Waals surface area contributed by atoms with Crippen LogP contribution in [0.2, 0.25) is 5.15 Å². The molecule has 1 aromatic heterocycles. The second-order valence-electron chi connectivity index (χ2n) is 3.80.